The Kier molecular flexibility index (Phi) is 4.56. The summed E-state index contributed by atoms with van der Waals surface area (Å²) in [5, 5.41) is 5.66. The van der Waals surface area contributed by atoms with Gasteiger partial charge in [-0.3, -0.25) is 0 Å². The predicted octanol–water partition coefficient (Wildman–Crippen LogP) is 5.33. The number of fused-ring (bicyclic) bond motifs is 2. The van der Waals surface area contributed by atoms with Gasteiger partial charge in [0.25, 0.3) is 0 Å². The maximum Gasteiger partial charge on any atom is 0.224 e. The van der Waals surface area contributed by atoms with Crippen LogP contribution in [0.25, 0.3) is 21.9 Å². The van der Waals surface area contributed by atoms with E-state index in [1.807, 2.05) is 36.0 Å². The molecule has 0 amide bonds. The monoisotopic (exact) mass is 393 g/mol. The van der Waals surface area contributed by atoms with E-state index in [0.717, 1.165) is 29.1 Å². The van der Waals surface area contributed by atoms with Crippen molar-refractivity contribution in [2.45, 2.75) is 13.5 Å². The number of imidazole rings is 1. The zero-order valence-corrected chi connectivity index (χ0v) is 17.1. The van der Waals surface area contributed by atoms with Crippen molar-refractivity contribution in [3.63, 3.8) is 0 Å². The van der Waals surface area contributed by atoms with Crippen molar-refractivity contribution in [1.29, 1.82) is 0 Å². The molecule has 5 nitrogen and oxygen atoms in total. The molecule has 2 heterocycles. The van der Waals surface area contributed by atoms with Crippen molar-refractivity contribution in [2.75, 3.05) is 5.43 Å². The molecular formula is C25H23N5. The second-order valence-electron chi connectivity index (χ2n) is 7.57. The molecule has 5 aromatic rings. The van der Waals surface area contributed by atoms with Crippen molar-refractivity contribution >= 4 is 34.1 Å². The Balaban J connectivity index is 1.43. The molecule has 0 atom stereocenters. The number of rotatable bonds is 5. The van der Waals surface area contributed by atoms with Crippen LogP contribution in [0.5, 0.6) is 0 Å². The highest BCUT2D eigenvalue weighted by molar-refractivity contribution is 5.99. The Morgan fingerprint density at radius 1 is 0.933 bits per heavy atom. The molecule has 148 valence electrons. The van der Waals surface area contributed by atoms with Crippen LogP contribution in [0.2, 0.25) is 0 Å². The highest BCUT2D eigenvalue weighted by Crippen LogP contribution is 2.22. The quantitative estimate of drug-likeness (QED) is 0.324. The van der Waals surface area contributed by atoms with Crippen LogP contribution in [-0.2, 0) is 13.6 Å². The summed E-state index contributed by atoms with van der Waals surface area (Å²) in [6.45, 7) is 2.94. The molecule has 0 aliphatic heterocycles. The maximum absolute atomic E-state index is 4.61. The minimum Gasteiger partial charge on any atom is -0.342 e. The van der Waals surface area contributed by atoms with Gasteiger partial charge in [-0.15, -0.1) is 0 Å². The Hall–Kier alpha value is -3.86. The Morgan fingerprint density at radius 3 is 2.47 bits per heavy atom. The Bertz CT molecular complexity index is 1360. The Labute approximate surface area is 175 Å². The first-order valence-corrected chi connectivity index (χ1v) is 10.0. The molecule has 5 heteroatoms. The smallest absolute Gasteiger partial charge is 0.224 e. The highest BCUT2D eigenvalue weighted by Gasteiger charge is 2.08. The third-order valence-corrected chi connectivity index (χ3v) is 5.45. The van der Waals surface area contributed by atoms with E-state index in [0.29, 0.717) is 0 Å². The predicted molar refractivity (Wildman–Crippen MR) is 124 cm³/mol. The summed E-state index contributed by atoms with van der Waals surface area (Å²) in [5.41, 5.74) is 9.94. The normalized spacial score (nSPS) is 11.7. The fraction of sp³-hybridized carbons (Fsp3) is 0.120. The summed E-state index contributed by atoms with van der Waals surface area (Å²) in [4.78, 5) is 4.61. The molecule has 3 aromatic carbocycles. The molecule has 2 aromatic heterocycles. The third kappa shape index (κ3) is 3.35. The van der Waals surface area contributed by atoms with E-state index in [-0.39, 0.29) is 0 Å². The number of hydrogen-bond acceptors (Lipinski definition) is 3. The number of anilines is 1. The van der Waals surface area contributed by atoms with Gasteiger partial charge in [-0.2, -0.15) is 5.10 Å². The van der Waals surface area contributed by atoms with Crippen molar-refractivity contribution in [1.82, 2.24) is 14.1 Å². The lowest BCUT2D eigenvalue weighted by molar-refractivity contribution is 0.836. The topological polar surface area (TPSA) is 47.1 Å². The standard InChI is InChI=1S/C25H23N5/c1-18-11-13-19(14-12-18)16-30-17-20(21-7-3-5-9-23(21)30)15-26-28-25-27-22-8-4-6-10-24(22)29(25)2/h3-15,17H,16H2,1-2H3,(H,27,28)/b26-15-. The van der Waals surface area contributed by atoms with Crippen LogP contribution >= 0.6 is 0 Å². The summed E-state index contributed by atoms with van der Waals surface area (Å²) in [7, 11) is 1.99. The average molecular weight is 393 g/mol. The number of hydrazone groups is 1. The maximum atomic E-state index is 4.61. The van der Waals surface area contributed by atoms with Crippen molar-refractivity contribution < 1.29 is 0 Å². The van der Waals surface area contributed by atoms with Gasteiger partial charge in [0.1, 0.15) is 0 Å². The lowest BCUT2D eigenvalue weighted by Gasteiger charge is -2.06. The summed E-state index contributed by atoms with van der Waals surface area (Å²) < 4.78 is 4.28. The fourth-order valence-electron chi connectivity index (χ4n) is 3.80. The van der Waals surface area contributed by atoms with Gasteiger partial charge >= 0.3 is 0 Å². The molecule has 0 fully saturated rings. The van der Waals surface area contributed by atoms with E-state index in [1.165, 1.54) is 22.0 Å². The third-order valence-electron chi connectivity index (χ3n) is 5.45. The van der Waals surface area contributed by atoms with Crippen LogP contribution in [0, 0.1) is 6.92 Å². The van der Waals surface area contributed by atoms with Crippen LogP contribution < -0.4 is 5.43 Å². The number of para-hydroxylation sites is 3. The number of nitrogens with one attached hydrogen (secondary N) is 1. The second-order valence-corrected chi connectivity index (χ2v) is 7.57. The summed E-state index contributed by atoms with van der Waals surface area (Å²) in [6.07, 6.45) is 4.03. The second kappa shape index (κ2) is 7.52. The molecule has 5 rings (SSSR count). The number of hydrogen-bond donors (Lipinski definition) is 1. The van der Waals surface area contributed by atoms with Gasteiger partial charge in [0.2, 0.25) is 5.95 Å². The van der Waals surface area contributed by atoms with Gasteiger partial charge in [-0.1, -0.05) is 60.2 Å². The lowest BCUT2D eigenvalue weighted by atomic mass is 10.1. The van der Waals surface area contributed by atoms with Gasteiger partial charge in [-0.05, 0) is 30.7 Å². The van der Waals surface area contributed by atoms with Gasteiger partial charge < -0.3 is 9.13 Å². The molecule has 30 heavy (non-hydrogen) atoms. The number of aromatic nitrogens is 3. The van der Waals surface area contributed by atoms with E-state index in [2.05, 4.69) is 87.8 Å². The van der Waals surface area contributed by atoms with Gasteiger partial charge in [0.15, 0.2) is 0 Å². The summed E-state index contributed by atoms with van der Waals surface area (Å²) >= 11 is 0. The van der Waals surface area contributed by atoms with Crippen LogP contribution in [0.1, 0.15) is 16.7 Å². The zero-order chi connectivity index (χ0) is 20.5. The van der Waals surface area contributed by atoms with E-state index in [4.69, 9.17) is 0 Å². The van der Waals surface area contributed by atoms with E-state index in [9.17, 15) is 0 Å². The molecular weight excluding hydrogens is 370 g/mol. The molecule has 0 spiro atoms. The largest absolute Gasteiger partial charge is 0.342 e. The molecule has 0 bridgehead atoms. The molecule has 0 radical (unpaired) electrons. The first kappa shape index (κ1) is 18.2. The summed E-state index contributed by atoms with van der Waals surface area (Å²) in [6, 6.07) is 25.2. The summed E-state index contributed by atoms with van der Waals surface area (Å²) in [5.74, 6) is 0.718. The van der Waals surface area contributed by atoms with Crippen molar-refractivity contribution in [3.05, 3.63) is 95.7 Å². The van der Waals surface area contributed by atoms with Crippen LogP contribution in [0.4, 0.5) is 5.95 Å². The van der Waals surface area contributed by atoms with Crippen LogP contribution in [0.15, 0.2) is 84.1 Å². The Morgan fingerprint density at radius 2 is 1.67 bits per heavy atom. The number of benzene rings is 3. The number of nitrogens with zero attached hydrogens (tertiary/aromatic N) is 4. The molecule has 0 aliphatic carbocycles. The van der Waals surface area contributed by atoms with Crippen molar-refractivity contribution in [3.8, 4) is 0 Å². The molecule has 0 saturated carbocycles. The first-order chi connectivity index (χ1) is 14.7. The van der Waals surface area contributed by atoms with E-state index in [1.54, 1.807) is 0 Å². The fourth-order valence-corrected chi connectivity index (χ4v) is 3.80. The van der Waals surface area contributed by atoms with E-state index >= 15 is 0 Å². The minimum absolute atomic E-state index is 0.718. The van der Waals surface area contributed by atoms with Crippen LogP contribution in [-0.4, -0.2) is 20.3 Å². The SMILES string of the molecule is Cc1ccc(Cn2cc(/C=N\Nc3nc4ccccc4n3C)c3ccccc32)cc1. The molecule has 0 aliphatic rings. The zero-order valence-electron chi connectivity index (χ0n) is 17.1. The van der Waals surface area contributed by atoms with Gasteiger partial charge in [-0.25, -0.2) is 10.4 Å². The van der Waals surface area contributed by atoms with Gasteiger partial charge in [0.05, 0.1) is 17.2 Å². The highest BCUT2D eigenvalue weighted by atomic mass is 15.4. The first-order valence-electron chi connectivity index (χ1n) is 10.0. The average Bonchev–Trinajstić information content (AvgIpc) is 3.28. The van der Waals surface area contributed by atoms with Gasteiger partial charge in [0, 0.05) is 36.3 Å². The lowest BCUT2D eigenvalue weighted by Crippen LogP contribution is -1.99. The minimum atomic E-state index is 0.718. The molecule has 1 N–H and O–H groups in total. The van der Waals surface area contributed by atoms with Crippen molar-refractivity contribution in [2.24, 2.45) is 12.1 Å². The molecule has 0 unspecified atom stereocenters. The molecule has 0 saturated heterocycles. The van der Waals surface area contributed by atoms with Crippen LogP contribution in [0.3, 0.4) is 0 Å². The van der Waals surface area contributed by atoms with E-state index < -0.39 is 0 Å². The number of aryl methyl sites for hydroxylation is 2.